The maximum Gasteiger partial charge on any atom is -0.0266 e. The second-order valence-electron chi connectivity index (χ2n) is 4.16. The van der Waals surface area contributed by atoms with Gasteiger partial charge in [0.05, 0.1) is 0 Å². The highest BCUT2D eigenvalue weighted by atomic mass is 14.6. The highest BCUT2D eigenvalue weighted by Gasteiger charge is 2.57. The lowest BCUT2D eigenvalue weighted by atomic mass is 9.97. The molecule has 2 aliphatic rings. The van der Waals surface area contributed by atoms with Crippen LogP contribution < -0.4 is 0 Å². The molecule has 0 bridgehead atoms. The summed E-state index contributed by atoms with van der Waals surface area (Å²) in [6, 6.07) is 0. The predicted octanol–water partition coefficient (Wildman–Crippen LogP) is 2.83. The average Bonchev–Trinajstić information content (AvgIpc) is 2.38. The Morgan fingerprint density at radius 2 is 2.22 bits per heavy atom. The van der Waals surface area contributed by atoms with E-state index in [1.54, 1.807) is 6.42 Å². The number of hydrogen-bond donors (Lipinski definition) is 0. The van der Waals surface area contributed by atoms with Crippen molar-refractivity contribution in [1.29, 1.82) is 0 Å². The molecule has 0 amide bonds. The smallest absolute Gasteiger partial charge is 0.0266 e. The molecule has 2 saturated carbocycles. The van der Waals surface area contributed by atoms with Crippen molar-refractivity contribution in [3.8, 4) is 0 Å². The van der Waals surface area contributed by atoms with Crippen molar-refractivity contribution in [2.75, 3.05) is 0 Å². The van der Waals surface area contributed by atoms with Crippen molar-refractivity contribution in [1.82, 2.24) is 0 Å². The van der Waals surface area contributed by atoms with Crippen LogP contribution in [0, 0.1) is 17.3 Å². The van der Waals surface area contributed by atoms with Gasteiger partial charge in [-0.15, -0.1) is 0 Å². The van der Waals surface area contributed by atoms with Crippen molar-refractivity contribution in [2.24, 2.45) is 17.3 Å². The van der Waals surface area contributed by atoms with E-state index in [9.17, 15) is 0 Å². The Labute approximate surface area is 57.6 Å². The number of rotatable bonds is 1. The summed E-state index contributed by atoms with van der Waals surface area (Å²) in [4.78, 5) is 0. The van der Waals surface area contributed by atoms with Gasteiger partial charge in [0.1, 0.15) is 0 Å². The van der Waals surface area contributed by atoms with Crippen LogP contribution in [0.15, 0.2) is 0 Å². The lowest BCUT2D eigenvalue weighted by molar-refractivity contribution is 0.423. The molecule has 0 aromatic heterocycles. The lowest BCUT2D eigenvalue weighted by Gasteiger charge is -2.09. The van der Waals surface area contributed by atoms with Crippen LogP contribution in [0.3, 0.4) is 0 Å². The van der Waals surface area contributed by atoms with Gasteiger partial charge in [-0.3, -0.25) is 0 Å². The van der Waals surface area contributed by atoms with Crippen LogP contribution in [0.25, 0.3) is 0 Å². The number of hydrogen-bond acceptors (Lipinski definition) is 0. The third kappa shape index (κ3) is 0.653. The van der Waals surface area contributed by atoms with Gasteiger partial charge in [-0.25, -0.2) is 0 Å². The van der Waals surface area contributed by atoms with Gasteiger partial charge in [-0.2, -0.15) is 0 Å². The molecule has 0 heteroatoms. The molecule has 0 aliphatic heterocycles. The Bertz CT molecular complexity index is 124. The summed E-state index contributed by atoms with van der Waals surface area (Å²) < 4.78 is 0. The van der Waals surface area contributed by atoms with E-state index in [4.69, 9.17) is 0 Å². The highest BCUT2D eigenvalue weighted by Crippen LogP contribution is 2.66. The Balaban J connectivity index is 2.05. The minimum absolute atomic E-state index is 0.874. The first kappa shape index (κ1) is 5.76. The summed E-state index contributed by atoms with van der Waals surface area (Å²) in [6.07, 6.45) is 6.08. The molecule has 0 nitrogen and oxygen atoms in total. The third-order valence-electron chi connectivity index (χ3n) is 3.50. The molecule has 0 N–H and O–H groups in total. The van der Waals surface area contributed by atoms with E-state index in [1.165, 1.54) is 19.3 Å². The topological polar surface area (TPSA) is 0 Å². The van der Waals surface area contributed by atoms with Crippen molar-refractivity contribution in [3.63, 3.8) is 0 Å². The van der Waals surface area contributed by atoms with Crippen LogP contribution in [0.5, 0.6) is 0 Å². The Morgan fingerprint density at radius 3 is 2.56 bits per heavy atom. The van der Waals surface area contributed by atoms with Gasteiger partial charge < -0.3 is 0 Å². The first-order chi connectivity index (χ1) is 4.27. The van der Waals surface area contributed by atoms with E-state index < -0.39 is 0 Å². The zero-order valence-corrected chi connectivity index (χ0v) is 6.48. The van der Waals surface area contributed by atoms with Crippen LogP contribution in [-0.4, -0.2) is 0 Å². The van der Waals surface area contributed by atoms with Gasteiger partial charge in [-0.05, 0) is 36.5 Å². The molecule has 0 saturated heterocycles. The molecule has 2 fully saturated rings. The van der Waals surface area contributed by atoms with E-state index >= 15 is 0 Å². The normalized spacial score (nSPS) is 55.3. The Hall–Kier alpha value is 0. The average molecular weight is 124 g/mol. The zero-order chi connectivity index (χ0) is 6.48. The monoisotopic (exact) mass is 124 g/mol. The van der Waals surface area contributed by atoms with Gasteiger partial charge in [0.25, 0.3) is 0 Å². The van der Waals surface area contributed by atoms with Crippen LogP contribution >= 0.6 is 0 Å². The van der Waals surface area contributed by atoms with Crippen molar-refractivity contribution in [3.05, 3.63) is 0 Å². The fraction of sp³-hybridized carbons (Fsp3) is 1.00. The molecule has 2 aliphatic carbocycles. The maximum atomic E-state index is 2.41. The molecule has 3 atom stereocenters. The fourth-order valence-corrected chi connectivity index (χ4v) is 2.86. The molecule has 0 spiro atoms. The number of fused-ring (bicyclic) bond motifs is 1. The molecule has 0 aromatic carbocycles. The Morgan fingerprint density at radius 1 is 1.44 bits per heavy atom. The summed E-state index contributed by atoms with van der Waals surface area (Å²) in [5, 5.41) is 0. The first-order valence-corrected chi connectivity index (χ1v) is 4.27. The van der Waals surface area contributed by atoms with Gasteiger partial charge in [0.15, 0.2) is 0 Å². The van der Waals surface area contributed by atoms with Crippen LogP contribution in [0.2, 0.25) is 0 Å². The minimum atomic E-state index is 0.874. The molecule has 0 aromatic rings. The summed E-state index contributed by atoms with van der Waals surface area (Å²) in [7, 11) is 0. The molecular formula is C9H16. The van der Waals surface area contributed by atoms with E-state index in [2.05, 4.69) is 13.8 Å². The van der Waals surface area contributed by atoms with Crippen LogP contribution in [0.1, 0.15) is 39.5 Å². The highest BCUT2D eigenvalue weighted by molar-refractivity contribution is 5.07. The Kier molecular flexibility index (Phi) is 0.980. The molecule has 0 radical (unpaired) electrons. The minimum Gasteiger partial charge on any atom is -0.0648 e. The van der Waals surface area contributed by atoms with E-state index in [-0.39, 0.29) is 0 Å². The second kappa shape index (κ2) is 1.53. The van der Waals surface area contributed by atoms with E-state index in [1.807, 2.05) is 0 Å². The first-order valence-electron chi connectivity index (χ1n) is 4.27. The fourth-order valence-electron chi connectivity index (χ4n) is 2.86. The van der Waals surface area contributed by atoms with E-state index in [0.717, 1.165) is 17.3 Å². The summed E-state index contributed by atoms with van der Waals surface area (Å²) in [5.41, 5.74) is 0.874. The summed E-state index contributed by atoms with van der Waals surface area (Å²) >= 11 is 0. The zero-order valence-electron chi connectivity index (χ0n) is 6.48. The van der Waals surface area contributed by atoms with Gasteiger partial charge in [0, 0.05) is 0 Å². The SMILES string of the molecule is CCC12CC1C[C@@H](C)C2. The molecule has 2 rings (SSSR count). The van der Waals surface area contributed by atoms with Crippen LogP contribution in [-0.2, 0) is 0 Å². The van der Waals surface area contributed by atoms with Gasteiger partial charge >= 0.3 is 0 Å². The standard InChI is InChI=1S/C9H16/c1-3-9-5-7(2)4-8(9)6-9/h7-8H,3-6H2,1-2H3/t7-,8?,9?/m1/s1. The summed E-state index contributed by atoms with van der Waals surface area (Å²) in [6.45, 7) is 4.77. The molecule has 2 unspecified atom stereocenters. The third-order valence-corrected chi connectivity index (χ3v) is 3.50. The van der Waals surface area contributed by atoms with Gasteiger partial charge in [0.2, 0.25) is 0 Å². The van der Waals surface area contributed by atoms with Crippen LogP contribution in [0.4, 0.5) is 0 Å². The second-order valence-corrected chi connectivity index (χ2v) is 4.16. The largest absolute Gasteiger partial charge is 0.0648 e. The lowest BCUT2D eigenvalue weighted by Crippen LogP contribution is -1.97. The predicted molar refractivity (Wildman–Crippen MR) is 39.2 cm³/mol. The van der Waals surface area contributed by atoms with Gasteiger partial charge in [-0.1, -0.05) is 20.3 Å². The van der Waals surface area contributed by atoms with Crippen molar-refractivity contribution >= 4 is 0 Å². The van der Waals surface area contributed by atoms with Crippen molar-refractivity contribution in [2.45, 2.75) is 39.5 Å². The molecule has 0 heterocycles. The molecule has 52 valence electrons. The van der Waals surface area contributed by atoms with E-state index in [0.29, 0.717) is 0 Å². The molecule has 9 heavy (non-hydrogen) atoms. The quantitative estimate of drug-likeness (QED) is 0.504. The molecular weight excluding hydrogens is 108 g/mol. The summed E-state index contributed by atoms with van der Waals surface area (Å²) in [5.74, 6) is 2.20. The van der Waals surface area contributed by atoms with Crippen molar-refractivity contribution < 1.29 is 0 Å². The maximum absolute atomic E-state index is 2.41.